The summed E-state index contributed by atoms with van der Waals surface area (Å²) in [6, 6.07) is 10.8. The van der Waals surface area contributed by atoms with Gasteiger partial charge < -0.3 is 20.3 Å². The van der Waals surface area contributed by atoms with E-state index in [0.717, 1.165) is 23.9 Å². The minimum atomic E-state index is -1.37. The highest BCUT2D eigenvalue weighted by atomic mass is 19.2. The largest absolute Gasteiger partial charge is 0.378 e. The van der Waals surface area contributed by atoms with E-state index < -0.39 is 34.8 Å². The smallest absolute Gasteiger partial charge is 0.323 e. The summed E-state index contributed by atoms with van der Waals surface area (Å²) < 4.78 is 47.7. The zero-order valence-electron chi connectivity index (χ0n) is 19.3. The van der Waals surface area contributed by atoms with Gasteiger partial charge in [0.25, 0.3) is 0 Å². The molecule has 1 fully saturated rings. The lowest BCUT2D eigenvalue weighted by Crippen LogP contribution is -2.36. The molecule has 188 valence electrons. The molecule has 11 heteroatoms. The Morgan fingerprint density at radius 2 is 1.68 bits per heavy atom. The van der Waals surface area contributed by atoms with Crippen LogP contribution in [0, 0.1) is 17.5 Å². The topological polar surface area (TPSA) is 96.5 Å². The first-order valence-electron chi connectivity index (χ1n) is 11.3. The number of ether oxygens (including phenoxy) is 1. The van der Waals surface area contributed by atoms with Gasteiger partial charge in [0.1, 0.15) is 11.5 Å². The van der Waals surface area contributed by atoms with E-state index >= 15 is 0 Å². The number of nitrogens with one attached hydrogen (secondary N) is 2. The van der Waals surface area contributed by atoms with Crippen molar-refractivity contribution >= 4 is 39.9 Å². The Bertz CT molecular complexity index is 1510. The molecule has 1 aliphatic rings. The maximum atomic E-state index is 14.6. The number of aromatic nitrogens is 2. The minimum absolute atomic E-state index is 0.118. The summed E-state index contributed by atoms with van der Waals surface area (Å²) >= 11 is 0. The number of morpholine rings is 1. The number of urea groups is 1. The normalized spacial score (nSPS) is 13.4. The van der Waals surface area contributed by atoms with Crippen LogP contribution in [0.5, 0.6) is 0 Å². The number of carbonyl (C=O) groups excluding carboxylic acids is 2. The fourth-order valence-corrected chi connectivity index (χ4v) is 3.94. The first-order valence-corrected chi connectivity index (χ1v) is 11.3. The van der Waals surface area contributed by atoms with E-state index in [-0.39, 0.29) is 17.1 Å². The van der Waals surface area contributed by atoms with E-state index in [1.807, 2.05) is 0 Å². The van der Waals surface area contributed by atoms with Gasteiger partial charge >= 0.3 is 6.03 Å². The van der Waals surface area contributed by atoms with Crippen molar-refractivity contribution in [3.8, 4) is 0 Å². The number of anilines is 3. The van der Waals surface area contributed by atoms with Gasteiger partial charge in [0, 0.05) is 30.5 Å². The molecule has 0 radical (unpaired) electrons. The van der Waals surface area contributed by atoms with Crippen LogP contribution in [-0.2, 0) is 4.74 Å². The predicted molar refractivity (Wildman–Crippen MR) is 131 cm³/mol. The number of amides is 2. The summed E-state index contributed by atoms with van der Waals surface area (Å²) in [4.78, 5) is 36.2. The lowest BCUT2D eigenvalue weighted by Gasteiger charge is -2.28. The summed E-state index contributed by atoms with van der Waals surface area (Å²) in [6.07, 6.45) is 1.70. The molecule has 0 bridgehead atoms. The number of benzene rings is 2. The van der Waals surface area contributed by atoms with Gasteiger partial charge in [0.2, 0.25) is 5.78 Å². The molecule has 3 heterocycles. The summed E-state index contributed by atoms with van der Waals surface area (Å²) in [6.45, 7) is 2.53. The first-order chi connectivity index (χ1) is 17.9. The zero-order chi connectivity index (χ0) is 25.9. The third-order valence-corrected chi connectivity index (χ3v) is 5.74. The third kappa shape index (κ3) is 5.36. The monoisotopic (exact) mass is 507 g/mol. The Kier molecular flexibility index (Phi) is 6.69. The van der Waals surface area contributed by atoms with Crippen molar-refractivity contribution in [2.45, 2.75) is 0 Å². The van der Waals surface area contributed by atoms with Crippen molar-refractivity contribution in [3.63, 3.8) is 0 Å². The van der Waals surface area contributed by atoms with Crippen LogP contribution < -0.4 is 15.5 Å². The average molecular weight is 507 g/mol. The van der Waals surface area contributed by atoms with E-state index in [9.17, 15) is 22.8 Å². The van der Waals surface area contributed by atoms with Crippen LogP contribution in [0.2, 0.25) is 0 Å². The molecule has 1 aliphatic heterocycles. The molecule has 2 N–H and O–H groups in total. The molecule has 4 aromatic rings. The highest BCUT2D eigenvalue weighted by molar-refractivity contribution is 6.10. The molecule has 37 heavy (non-hydrogen) atoms. The highest BCUT2D eigenvalue weighted by Crippen LogP contribution is 2.24. The molecular weight excluding hydrogens is 487 g/mol. The molecule has 8 nitrogen and oxygen atoms in total. The SMILES string of the molecule is O=C(Nc1cccc(F)c1)Nc1cc(F)c(F)c(C(=O)c2ccc3ncc(N4CCOCC4)cc3n2)c1. The number of fused-ring (bicyclic) bond motifs is 1. The molecule has 2 aromatic carbocycles. The van der Waals surface area contributed by atoms with Crippen molar-refractivity contribution in [1.29, 1.82) is 0 Å². The second kappa shape index (κ2) is 10.2. The zero-order valence-corrected chi connectivity index (χ0v) is 19.3. The van der Waals surface area contributed by atoms with E-state index in [4.69, 9.17) is 4.74 Å². The molecule has 1 saturated heterocycles. The Morgan fingerprint density at radius 1 is 0.892 bits per heavy atom. The van der Waals surface area contributed by atoms with E-state index in [1.54, 1.807) is 18.3 Å². The van der Waals surface area contributed by atoms with Gasteiger partial charge in [-0.15, -0.1) is 0 Å². The van der Waals surface area contributed by atoms with Crippen molar-refractivity contribution in [1.82, 2.24) is 9.97 Å². The fourth-order valence-electron chi connectivity index (χ4n) is 3.94. The maximum Gasteiger partial charge on any atom is 0.323 e. The summed E-state index contributed by atoms with van der Waals surface area (Å²) in [5.41, 5.74) is 1.01. The number of pyridine rings is 2. The van der Waals surface area contributed by atoms with Crippen molar-refractivity contribution in [2.24, 2.45) is 0 Å². The molecule has 0 spiro atoms. The van der Waals surface area contributed by atoms with Gasteiger partial charge in [0.15, 0.2) is 11.6 Å². The number of ketones is 1. The highest BCUT2D eigenvalue weighted by Gasteiger charge is 2.21. The van der Waals surface area contributed by atoms with Crippen LogP contribution in [0.25, 0.3) is 11.0 Å². The second-order valence-corrected chi connectivity index (χ2v) is 8.27. The molecule has 2 aromatic heterocycles. The molecule has 0 saturated carbocycles. The van der Waals surface area contributed by atoms with E-state index in [0.29, 0.717) is 37.3 Å². The lowest BCUT2D eigenvalue weighted by atomic mass is 10.1. The molecule has 0 atom stereocenters. The molecule has 5 rings (SSSR count). The number of hydrogen-bond donors (Lipinski definition) is 2. The van der Waals surface area contributed by atoms with Gasteiger partial charge in [-0.3, -0.25) is 9.78 Å². The van der Waals surface area contributed by atoms with Crippen molar-refractivity contribution in [3.05, 3.63) is 89.5 Å². The number of hydrogen-bond acceptors (Lipinski definition) is 6. The average Bonchev–Trinajstić information content (AvgIpc) is 2.90. The summed E-state index contributed by atoms with van der Waals surface area (Å²) in [7, 11) is 0. The quantitative estimate of drug-likeness (QED) is 0.378. The summed E-state index contributed by atoms with van der Waals surface area (Å²) in [5, 5.41) is 4.70. The van der Waals surface area contributed by atoms with Crippen molar-refractivity contribution in [2.75, 3.05) is 41.8 Å². The number of nitrogens with zero attached hydrogens (tertiary/aromatic N) is 3. The van der Waals surface area contributed by atoms with Gasteiger partial charge in [0.05, 0.1) is 41.7 Å². The Morgan fingerprint density at radius 3 is 2.46 bits per heavy atom. The standard InChI is InChI=1S/C26H20F3N5O3/c27-15-2-1-3-16(10-15)31-26(36)32-17-11-19(24(29)20(28)12-17)25(35)22-5-4-21-23(33-22)13-18(14-30-21)34-6-8-37-9-7-34/h1-5,10-14H,6-9H2,(H2,31,32,36). The van der Waals surface area contributed by atoms with Crippen LogP contribution in [0.3, 0.4) is 0 Å². The molecular formula is C26H20F3N5O3. The van der Waals surface area contributed by atoms with Crippen LogP contribution in [0.1, 0.15) is 16.1 Å². The molecule has 0 aliphatic carbocycles. The lowest BCUT2D eigenvalue weighted by molar-refractivity contribution is 0.103. The van der Waals surface area contributed by atoms with Crippen LogP contribution in [-0.4, -0.2) is 48.1 Å². The molecule has 0 unspecified atom stereocenters. The van der Waals surface area contributed by atoms with Crippen LogP contribution >= 0.6 is 0 Å². The second-order valence-electron chi connectivity index (χ2n) is 8.27. The number of halogens is 3. The van der Waals surface area contributed by atoms with Gasteiger partial charge in [-0.25, -0.2) is 22.9 Å². The summed E-state index contributed by atoms with van der Waals surface area (Å²) in [5.74, 6) is -4.13. The Balaban J connectivity index is 1.40. The maximum absolute atomic E-state index is 14.6. The number of rotatable bonds is 5. The Labute approximate surface area is 209 Å². The Hall–Kier alpha value is -4.51. The minimum Gasteiger partial charge on any atom is -0.378 e. The predicted octanol–water partition coefficient (Wildman–Crippen LogP) is 4.76. The fraction of sp³-hybridized carbons (Fsp3) is 0.154. The van der Waals surface area contributed by atoms with E-state index in [1.165, 1.54) is 24.3 Å². The molecule has 2 amide bonds. The van der Waals surface area contributed by atoms with Crippen LogP contribution in [0.4, 0.5) is 35.0 Å². The number of carbonyl (C=O) groups is 2. The first kappa shape index (κ1) is 24.2. The van der Waals surface area contributed by atoms with Crippen LogP contribution in [0.15, 0.2) is 60.8 Å². The third-order valence-electron chi connectivity index (χ3n) is 5.74. The van der Waals surface area contributed by atoms with Gasteiger partial charge in [-0.05, 0) is 42.5 Å². The van der Waals surface area contributed by atoms with Crippen molar-refractivity contribution < 1.29 is 27.5 Å². The van der Waals surface area contributed by atoms with Gasteiger partial charge in [-0.2, -0.15) is 0 Å². The van der Waals surface area contributed by atoms with Gasteiger partial charge in [-0.1, -0.05) is 6.07 Å². The van der Waals surface area contributed by atoms with E-state index in [2.05, 4.69) is 25.5 Å².